The third-order valence-electron chi connectivity index (χ3n) is 1.21. The van der Waals surface area contributed by atoms with Crippen LogP contribution in [0.5, 0.6) is 0 Å². The summed E-state index contributed by atoms with van der Waals surface area (Å²) in [5, 5.41) is 18.8. The summed E-state index contributed by atoms with van der Waals surface area (Å²) in [4.78, 5) is 18.8. The van der Waals surface area contributed by atoms with Gasteiger partial charge < -0.3 is 19.8 Å². The molecular formula is C10H16O4Sn. The van der Waals surface area contributed by atoms with Crippen LogP contribution in [0.3, 0.4) is 0 Å². The molecule has 15 heavy (non-hydrogen) atoms. The van der Waals surface area contributed by atoms with E-state index in [9.17, 15) is 19.8 Å². The molecule has 0 saturated heterocycles. The van der Waals surface area contributed by atoms with Gasteiger partial charge >= 0.3 is 56.7 Å². The maximum absolute atomic E-state index is 9.41. The second-order valence-corrected chi connectivity index (χ2v) is 7.00. The molecule has 0 saturated carbocycles. The van der Waals surface area contributed by atoms with E-state index in [-0.39, 0.29) is 21.1 Å². The van der Waals surface area contributed by atoms with E-state index in [0.29, 0.717) is 12.2 Å². The molecule has 0 N–H and O–H groups in total. The molecule has 0 aromatic carbocycles. The quantitative estimate of drug-likeness (QED) is 0.372. The number of rotatable bonds is 6. The van der Waals surface area contributed by atoms with Crippen LogP contribution in [-0.4, -0.2) is 33.1 Å². The van der Waals surface area contributed by atoms with E-state index in [1.165, 1.54) is 12.8 Å². The van der Waals surface area contributed by atoms with E-state index in [1.54, 1.807) is 8.87 Å². The van der Waals surface area contributed by atoms with Crippen LogP contribution in [0, 0.1) is 0 Å². The first kappa shape index (κ1) is 16.9. The van der Waals surface area contributed by atoms with Crippen molar-refractivity contribution in [3.8, 4) is 0 Å². The number of carbonyl (C=O) groups excluding carboxylic acids is 2. The van der Waals surface area contributed by atoms with Crippen LogP contribution in [0.4, 0.5) is 0 Å². The fraction of sp³-hybridized carbons (Fsp3) is 0.600. The normalized spacial score (nSPS) is 8.93. The van der Waals surface area contributed by atoms with Crippen molar-refractivity contribution < 1.29 is 19.8 Å². The van der Waals surface area contributed by atoms with Gasteiger partial charge in [0.05, 0.1) is 11.9 Å². The molecule has 5 heteroatoms. The summed E-state index contributed by atoms with van der Waals surface area (Å²) < 4.78 is 3.19. The third kappa shape index (κ3) is 24.7. The monoisotopic (exact) mass is 320 g/mol. The average Bonchev–Trinajstić information content (AvgIpc) is 2.17. The molecule has 0 aromatic heterocycles. The van der Waals surface area contributed by atoms with Crippen molar-refractivity contribution in [3.63, 3.8) is 0 Å². The number of hydrogen-bond donors (Lipinski definition) is 0. The van der Waals surface area contributed by atoms with Gasteiger partial charge in [0.25, 0.3) is 0 Å². The minimum atomic E-state index is -1.55. The number of hydrogen-bond acceptors (Lipinski definition) is 4. The first-order valence-corrected chi connectivity index (χ1v) is 8.88. The third-order valence-corrected chi connectivity index (χ3v) is 6.08. The van der Waals surface area contributed by atoms with Crippen molar-refractivity contribution in [3.05, 3.63) is 12.2 Å². The maximum atomic E-state index is 9.41. The van der Waals surface area contributed by atoms with Crippen molar-refractivity contribution in [1.82, 2.24) is 0 Å². The van der Waals surface area contributed by atoms with Gasteiger partial charge in [0, 0.05) is 0 Å². The molecule has 0 rings (SSSR count). The topological polar surface area (TPSA) is 80.3 Å². The van der Waals surface area contributed by atoms with Gasteiger partial charge in [-0.2, -0.15) is 0 Å². The number of carboxylic acid groups (broad SMARTS) is 2. The Hall–Kier alpha value is -0.521. The van der Waals surface area contributed by atoms with Crippen LogP contribution in [-0.2, 0) is 9.59 Å². The van der Waals surface area contributed by atoms with Gasteiger partial charge in [-0.3, -0.25) is 0 Å². The van der Waals surface area contributed by atoms with Crippen LogP contribution in [0.2, 0.25) is 8.87 Å². The summed E-state index contributed by atoms with van der Waals surface area (Å²) in [6, 6.07) is 0. The van der Waals surface area contributed by atoms with E-state index < -0.39 is 11.9 Å². The Morgan fingerprint density at radius 3 is 1.53 bits per heavy atom. The van der Waals surface area contributed by atoms with E-state index >= 15 is 0 Å². The Morgan fingerprint density at radius 1 is 1.00 bits per heavy atom. The van der Waals surface area contributed by atoms with E-state index in [4.69, 9.17) is 0 Å². The summed E-state index contributed by atoms with van der Waals surface area (Å²) in [5.41, 5.74) is 0. The Morgan fingerprint density at radius 2 is 1.33 bits per heavy atom. The molecular weight excluding hydrogens is 303 g/mol. The summed E-state index contributed by atoms with van der Waals surface area (Å²) >= 11 is 0.181. The molecule has 0 heterocycles. The fourth-order valence-electron chi connectivity index (χ4n) is 0.615. The molecule has 0 unspecified atom stereocenters. The first-order valence-electron chi connectivity index (χ1n) is 4.85. The molecule has 0 spiro atoms. The summed E-state index contributed by atoms with van der Waals surface area (Å²) in [6.45, 7) is 4.58. The van der Waals surface area contributed by atoms with Crippen molar-refractivity contribution in [2.45, 2.75) is 35.6 Å². The van der Waals surface area contributed by atoms with Gasteiger partial charge in [0.2, 0.25) is 0 Å². The van der Waals surface area contributed by atoms with Gasteiger partial charge in [-0.25, -0.2) is 0 Å². The Bertz CT molecular complexity index is 182. The van der Waals surface area contributed by atoms with E-state index in [1.807, 2.05) is 0 Å². The molecule has 0 atom stereocenters. The zero-order valence-corrected chi connectivity index (χ0v) is 12.0. The predicted octanol–water partition coefficient (Wildman–Crippen LogP) is -0.610. The maximum Gasteiger partial charge on any atom is 0.0643 e. The van der Waals surface area contributed by atoms with E-state index in [0.717, 1.165) is 0 Å². The molecule has 0 fully saturated rings. The molecule has 0 amide bonds. The van der Waals surface area contributed by atoms with E-state index in [2.05, 4.69) is 13.8 Å². The Balaban J connectivity index is 0. The van der Waals surface area contributed by atoms with Crippen LogP contribution in [0.1, 0.15) is 26.7 Å². The molecule has 84 valence electrons. The SMILES string of the molecule is CC[CH2][Sn+2][CH2]CC.O=C([O-])C=CC(=O)[O-]. The standard InChI is InChI=1S/C4H4O4.2C3H7.Sn/c5-3(6)1-2-4(7)8;2*1-3-2;/h1-2H,(H,5,6)(H,7,8);2*1,3H2,2H3;/q;;;+2/p-2. The molecule has 0 aromatic rings. The van der Waals surface area contributed by atoms with Gasteiger partial charge in [-0.15, -0.1) is 0 Å². The Kier molecular flexibility index (Phi) is 15.2. The number of carboxylic acids is 2. The summed E-state index contributed by atoms with van der Waals surface area (Å²) in [5.74, 6) is -3.09. The van der Waals surface area contributed by atoms with Crippen molar-refractivity contribution in [1.29, 1.82) is 0 Å². The zero-order valence-electron chi connectivity index (χ0n) is 9.12. The van der Waals surface area contributed by atoms with Gasteiger partial charge in [-0.05, 0) is 12.2 Å². The van der Waals surface area contributed by atoms with Crippen molar-refractivity contribution >= 4 is 33.1 Å². The smallest absolute Gasteiger partial charge is 0.0643 e. The van der Waals surface area contributed by atoms with Crippen LogP contribution in [0.25, 0.3) is 0 Å². The molecule has 4 nitrogen and oxygen atoms in total. The van der Waals surface area contributed by atoms with Crippen LogP contribution >= 0.6 is 0 Å². The van der Waals surface area contributed by atoms with Gasteiger partial charge in [-0.1, -0.05) is 0 Å². The average molecular weight is 319 g/mol. The largest absolute Gasteiger partial charge is 0.545 e. The molecule has 0 aliphatic carbocycles. The Labute approximate surface area is 101 Å². The van der Waals surface area contributed by atoms with Crippen LogP contribution < -0.4 is 10.2 Å². The number of carbonyl (C=O) groups is 2. The number of aliphatic carboxylic acids is 2. The summed E-state index contributed by atoms with van der Waals surface area (Å²) in [7, 11) is 0. The molecule has 0 aliphatic heterocycles. The summed E-state index contributed by atoms with van der Waals surface area (Å²) in [6.07, 6.45) is 3.64. The van der Waals surface area contributed by atoms with Crippen molar-refractivity contribution in [2.24, 2.45) is 0 Å². The second kappa shape index (κ2) is 13.5. The minimum absolute atomic E-state index is 0.181. The minimum Gasteiger partial charge on any atom is -0.545 e. The van der Waals surface area contributed by atoms with Gasteiger partial charge in [0.1, 0.15) is 0 Å². The molecule has 0 aliphatic rings. The van der Waals surface area contributed by atoms with Crippen molar-refractivity contribution in [2.75, 3.05) is 0 Å². The van der Waals surface area contributed by atoms with Gasteiger partial charge in [0.15, 0.2) is 0 Å². The second-order valence-electron chi connectivity index (χ2n) is 2.72. The predicted molar refractivity (Wildman–Crippen MR) is 55.1 cm³/mol. The fourth-order valence-corrected chi connectivity index (χ4v) is 3.35. The zero-order chi connectivity index (χ0) is 12.1. The molecule has 0 bridgehead atoms. The molecule has 0 radical (unpaired) electrons. The first-order chi connectivity index (χ1) is 7.04. The van der Waals surface area contributed by atoms with Crippen LogP contribution in [0.15, 0.2) is 12.2 Å².